The number of benzene rings is 1. The molecule has 2 N–H and O–H groups in total. The van der Waals surface area contributed by atoms with Crippen LogP contribution in [-0.2, 0) is 10.0 Å². The van der Waals surface area contributed by atoms with Gasteiger partial charge in [-0.2, -0.15) is 0 Å². The van der Waals surface area contributed by atoms with Crippen molar-refractivity contribution in [3.05, 3.63) is 24.3 Å². The van der Waals surface area contributed by atoms with E-state index in [2.05, 4.69) is 16.0 Å². The first-order valence-corrected chi connectivity index (χ1v) is 7.84. The summed E-state index contributed by atoms with van der Waals surface area (Å²) in [4.78, 5) is 0.230. The van der Waals surface area contributed by atoms with Gasteiger partial charge in [0.25, 0.3) is 0 Å². The Kier molecular flexibility index (Phi) is 5.87. The molecule has 0 amide bonds. The summed E-state index contributed by atoms with van der Waals surface area (Å²) in [5.74, 6) is 2.64. The lowest BCUT2D eigenvalue weighted by Crippen LogP contribution is -2.25. The number of hydrogen-bond acceptors (Lipinski definition) is 3. The summed E-state index contributed by atoms with van der Waals surface area (Å²) in [7, 11) is -3.49. The van der Waals surface area contributed by atoms with E-state index < -0.39 is 10.0 Å². The summed E-state index contributed by atoms with van der Waals surface area (Å²) in [5.41, 5.74) is 0.542. The average molecular weight is 280 g/mol. The summed E-state index contributed by atoms with van der Waals surface area (Å²) < 4.78 is 26.6. The fraction of sp³-hybridized carbons (Fsp3) is 0.429. The molecule has 0 heterocycles. The van der Waals surface area contributed by atoms with Crippen LogP contribution in [0.2, 0.25) is 0 Å². The highest BCUT2D eigenvalue weighted by Gasteiger charge is 2.18. The summed E-state index contributed by atoms with van der Waals surface area (Å²) in [6, 6.07) is 6.61. The Hall–Kier alpha value is -1.51. The zero-order chi connectivity index (χ0) is 14.3. The molecule has 0 aliphatic heterocycles. The molecule has 1 atom stereocenters. The molecule has 0 radical (unpaired) electrons. The molecule has 0 aromatic heterocycles. The van der Waals surface area contributed by atoms with Crippen LogP contribution in [0.15, 0.2) is 29.2 Å². The van der Waals surface area contributed by atoms with Gasteiger partial charge >= 0.3 is 0 Å². The van der Waals surface area contributed by atoms with Gasteiger partial charge in [0, 0.05) is 6.54 Å². The lowest BCUT2D eigenvalue weighted by Gasteiger charge is -2.17. The highest BCUT2D eigenvalue weighted by Crippen LogP contribution is 2.22. The first kappa shape index (κ1) is 15.5. The third-order valence-corrected chi connectivity index (χ3v) is 4.22. The molecule has 1 rings (SSSR count). The van der Waals surface area contributed by atoms with Crippen LogP contribution in [0.4, 0.5) is 5.69 Å². The van der Waals surface area contributed by atoms with Gasteiger partial charge in [0.15, 0.2) is 0 Å². The van der Waals surface area contributed by atoms with Gasteiger partial charge < -0.3 is 5.32 Å². The van der Waals surface area contributed by atoms with E-state index in [0.717, 1.165) is 12.8 Å². The van der Waals surface area contributed by atoms with Crippen molar-refractivity contribution in [1.82, 2.24) is 4.72 Å². The van der Waals surface area contributed by atoms with Crippen molar-refractivity contribution in [3.8, 4) is 12.3 Å². The fourth-order valence-electron chi connectivity index (χ4n) is 1.76. The van der Waals surface area contributed by atoms with E-state index in [1.54, 1.807) is 31.2 Å². The molecule has 19 heavy (non-hydrogen) atoms. The summed E-state index contributed by atoms with van der Waals surface area (Å²) in [5, 5.41) is 3.11. The second kappa shape index (κ2) is 7.17. The topological polar surface area (TPSA) is 58.2 Å². The normalized spacial score (nSPS) is 12.7. The Morgan fingerprint density at radius 2 is 2.00 bits per heavy atom. The molecule has 0 saturated heterocycles. The van der Waals surface area contributed by atoms with Crippen LogP contribution in [0.3, 0.4) is 0 Å². The Bertz CT molecular complexity index is 547. The summed E-state index contributed by atoms with van der Waals surface area (Å²) in [6.45, 7) is 4.13. The van der Waals surface area contributed by atoms with Gasteiger partial charge in [0.2, 0.25) is 10.0 Å². The predicted octanol–water partition coefficient (Wildman–Crippen LogP) is 2.20. The van der Waals surface area contributed by atoms with Gasteiger partial charge in [-0.05, 0) is 18.6 Å². The molecule has 1 aromatic carbocycles. The van der Waals surface area contributed by atoms with Crippen molar-refractivity contribution in [2.75, 3.05) is 11.9 Å². The zero-order valence-electron chi connectivity index (χ0n) is 11.3. The number of rotatable bonds is 7. The Morgan fingerprint density at radius 1 is 1.32 bits per heavy atom. The van der Waals surface area contributed by atoms with Crippen molar-refractivity contribution < 1.29 is 8.42 Å². The maximum Gasteiger partial charge on any atom is 0.242 e. The average Bonchev–Trinajstić information content (AvgIpc) is 2.38. The molecule has 0 bridgehead atoms. The Morgan fingerprint density at radius 3 is 2.58 bits per heavy atom. The molecular formula is C14H20N2O2S. The highest BCUT2D eigenvalue weighted by atomic mass is 32.2. The van der Waals surface area contributed by atoms with Gasteiger partial charge in [-0.1, -0.05) is 38.3 Å². The van der Waals surface area contributed by atoms with E-state index in [1.807, 2.05) is 6.92 Å². The third-order valence-electron chi connectivity index (χ3n) is 2.62. The Balaban J connectivity index is 3.06. The summed E-state index contributed by atoms with van der Waals surface area (Å²) >= 11 is 0. The van der Waals surface area contributed by atoms with Crippen LogP contribution >= 0.6 is 0 Å². The van der Waals surface area contributed by atoms with Crippen molar-refractivity contribution in [2.45, 2.75) is 37.6 Å². The van der Waals surface area contributed by atoms with E-state index in [4.69, 9.17) is 6.42 Å². The second-order valence-corrected chi connectivity index (χ2v) is 5.89. The van der Waals surface area contributed by atoms with Gasteiger partial charge in [-0.3, -0.25) is 0 Å². The van der Waals surface area contributed by atoms with Crippen LogP contribution in [0, 0.1) is 12.3 Å². The molecule has 0 saturated carbocycles. The lowest BCUT2D eigenvalue weighted by atomic mass is 10.1. The maximum absolute atomic E-state index is 12.1. The standard InChI is InChI=1S/C14H20N2O2S/c1-4-9-12(5-2)16-13-10-7-8-11-14(13)19(17,18)15-6-3/h2,7-8,10-12,15-16H,4,6,9H2,1,3H3. The van der Waals surface area contributed by atoms with Crippen molar-refractivity contribution in [1.29, 1.82) is 0 Å². The quantitative estimate of drug-likeness (QED) is 0.753. The number of sulfonamides is 1. The first-order valence-electron chi connectivity index (χ1n) is 6.36. The molecule has 5 heteroatoms. The van der Waals surface area contributed by atoms with Gasteiger partial charge in [0.05, 0.1) is 11.7 Å². The first-order chi connectivity index (χ1) is 9.05. The molecule has 0 aliphatic rings. The van der Waals surface area contributed by atoms with Crippen LogP contribution in [0.25, 0.3) is 0 Å². The minimum atomic E-state index is -3.49. The van der Waals surface area contributed by atoms with E-state index in [-0.39, 0.29) is 10.9 Å². The van der Waals surface area contributed by atoms with Gasteiger partial charge in [0.1, 0.15) is 4.90 Å². The SMILES string of the molecule is C#CC(CCC)Nc1ccccc1S(=O)(=O)NCC. The molecule has 104 valence electrons. The van der Waals surface area contributed by atoms with Crippen molar-refractivity contribution in [3.63, 3.8) is 0 Å². The predicted molar refractivity (Wildman–Crippen MR) is 78.5 cm³/mol. The molecule has 0 spiro atoms. The fourth-order valence-corrected chi connectivity index (χ4v) is 2.97. The number of hydrogen-bond donors (Lipinski definition) is 2. The molecule has 4 nitrogen and oxygen atoms in total. The number of nitrogens with one attached hydrogen (secondary N) is 2. The van der Waals surface area contributed by atoms with Crippen molar-refractivity contribution in [2.24, 2.45) is 0 Å². The minimum Gasteiger partial charge on any atom is -0.370 e. The van der Waals surface area contributed by atoms with E-state index in [0.29, 0.717) is 12.2 Å². The maximum atomic E-state index is 12.1. The number of anilines is 1. The monoisotopic (exact) mass is 280 g/mol. The van der Waals surface area contributed by atoms with Crippen LogP contribution in [-0.4, -0.2) is 21.0 Å². The Labute approximate surface area is 115 Å². The highest BCUT2D eigenvalue weighted by molar-refractivity contribution is 7.89. The largest absolute Gasteiger partial charge is 0.370 e. The van der Waals surface area contributed by atoms with E-state index >= 15 is 0 Å². The van der Waals surface area contributed by atoms with Crippen LogP contribution in [0.5, 0.6) is 0 Å². The number of para-hydroxylation sites is 1. The van der Waals surface area contributed by atoms with Crippen LogP contribution in [0.1, 0.15) is 26.7 Å². The van der Waals surface area contributed by atoms with Gasteiger partial charge in [-0.25, -0.2) is 13.1 Å². The molecular weight excluding hydrogens is 260 g/mol. The number of terminal acetylenes is 1. The lowest BCUT2D eigenvalue weighted by molar-refractivity contribution is 0.584. The second-order valence-electron chi connectivity index (χ2n) is 4.15. The van der Waals surface area contributed by atoms with Gasteiger partial charge in [-0.15, -0.1) is 6.42 Å². The molecule has 1 aromatic rings. The zero-order valence-corrected chi connectivity index (χ0v) is 12.1. The smallest absolute Gasteiger partial charge is 0.242 e. The van der Waals surface area contributed by atoms with Crippen molar-refractivity contribution >= 4 is 15.7 Å². The van der Waals surface area contributed by atoms with Crippen LogP contribution < -0.4 is 10.0 Å². The molecule has 0 aliphatic carbocycles. The third kappa shape index (κ3) is 4.27. The van der Waals surface area contributed by atoms with E-state index in [1.165, 1.54) is 0 Å². The molecule has 1 unspecified atom stereocenters. The minimum absolute atomic E-state index is 0.164. The summed E-state index contributed by atoms with van der Waals surface area (Å²) in [6.07, 6.45) is 7.18. The van der Waals surface area contributed by atoms with E-state index in [9.17, 15) is 8.42 Å². The molecule has 0 fully saturated rings.